The molecule has 0 atom stereocenters. The summed E-state index contributed by atoms with van der Waals surface area (Å²) < 4.78 is 0. The Morgan fingerprint density at radius 2 is 2.10 bits per heavy atom. The zero-order valence-corrected chi connectivity index (χ0v) is 12.9. The van der Waals surface area contributed by atoms with E-state index in [4.69, 9.17) is 5.11 Å². The molecular formula is C16H23NO2S. The van der Waals surface area contributed by atoms with E-state index in [1.54, 1.807) is 11.3 Å². The van der Waals surface area contributed by atoms with Gasteiger partial charge < -0.3 is 10.2 Å². The molecule has 3 nitrogen and oxygen atoms in total. The lowest BCUT2D eigenvalue weighted by atomic mass is 10.0. The number of rotatable bonds is 5. The minimum atomic E-state index is -0.476. The Balaban J connectivity index is 1.85. The van der Waals surface area contributed by atoms with Gasteiger partial charge in [0.25, 0.3) is 0 Å². The third-order valence-corrected chi connectivity index (χ3v) is 4.62. The second-order valence-electron chi connectivity index (χ2n) is 5.65. The van der Waals surface area contributed by atoms with E-state index in [9.17, 15) is 5.11 Å². The number of aliphatic hydroxyl groups is 2. The fourth-order valence-corrected chi connectivity index (χ4v) is 3.71. The average Bonchev–Trinajstić information content (AvgIpc) is 2.99. The average molecular weight is 293 g/mol. The maximum atomic E-state index is 10.4. The van der Waals surface area contributed by atoms with Crippen molar-refractivity contribution in [2.45, 2.75) is 44.2 Å². The Morgan fingerprint density at radius 3 is 2.80 bits per heavy atom. The maximum Gasteiger partial charge on any atom is 0.0774 e. The van der Waals surface area contributed by atoms with Crippen LogP contribution in [0.15, 0.2) is 12.1 Å². The van der Waals surface area contributed by atoms with E-state index < -0.39 is 5.60 Å². The van der Waals surface area contributed by atoms with E-state index in [-0.39, 0.29) is 6.61 Å². The number of thiophene rings is 1. The van der Waals surface area contributed by atoms with Crippen molar-refractivity contribution in [3.8, 4) is 11.8 Å². The standard InChI is InChI=1S/C16H23NO2S/c1-17(13-16(19)9-3-4-10-16)12-15-8-7-14(20-15)6-2-5-11-18/h7-8,18-19H,3-5,9-13H2,1H3. The van der Waals surface area contributed by atoms with Crippen molar-refractivity contribution in [1.29, 1.82) is 0 Å². The van der Waals surface area contributed by atoms with Crippen LogP contribution in [0.4, 0.5) is 0 Å². The van der Waals surface area contributed by atoms with E-state index in [1.165, 1.54) is 4.88 Å². The van der Waals surface area contributed by atoms with Crippen LogP contribution in [0.5, 0.6) is 0 Å². The quantitative estimate of drug-likeness (QED) is 0.818. The van der Waals surface area contributed by atoms with E-state index in [0.29, 0.717) is 6.42 Å². The van der Waals surface area contributed by atoms with Gasteiger partial charge in [0.1, 0.15) is 0 Å². The maximum absolute atomic E-state index is 10.4. The van der Waals surface area contributed by atoms with Crippen LogP contribution in [0.1, 0.15) is 41.9 Å². The van der Waals surface area contributed by atoms with Gasteiger partial charge in [-0.25, -0.2) is 0 Å². The predicted octanol–water partition coefficient (Wildman–Crippen LogP) is 2.22. The summed E-state index contributed by atoms with van der Waals surface area (Å²) in [6.45, 7) is 1.72. The second-order valence-corrected chi connectivity index (χ2v) is 6.81. The zero-order chi connectivity index (χ0) is 14.4. The normalized spacial score (nSPS) is 17.2. The van der Waals surface area contributed by atoms with Crippen molar-refractivity contribution >= 4 is 11.3 Å². The Labute approximate surface area is 125 Å². The molecule has 1 aromatic heterocycles. The summed E-state index contributed by atoms with van der Waals surface area (Å²) >= 11 is 1.69. The molecule has 2 N–H and O–H groups in total. The van der Waals surface area contributed by atoms with Crippen molar-refractivity contribution in [3.05, 3.63) is 21.9 Å². The molecule has 1 aliphatic carbocycles. The van der Waals surface area contributed by atoms with E-state index in [1.807, 2.05) is 6.07 Å². The molecule has 0 aromatic carbocycles. The monoisotopic (exact) mass is 293 g/mol. The van der Waals surface area contributed by atoms with Crippen molar-refractivity contribution in [1.82, 2.24) is 4.90 Å². The molecule has 0 bridgehead atoms. The lowest BCUT2D eigenvalue weighted by Crippen LogP contribution is -2.38. The van der Waals surface area contributed by atoms with E-state index >= 15 is 0 Å². The molecule has 20 heavy (non-hydrogen) atoms. The van der Waals surface area contributed by atoms with Gasteiger partial charge in [-0.3, -0.25) is 4.90 Å². The summed E-state index contributed by atoms with van der Waals surface area (Å²) in [5.74, 6) is 6.00. The third kappa shape index (κ3) is 4.60. The van der Waals surface area contributed by atoms with Crippen LogP contribution in [-0.4, -0.2) is 40.9 Å². The largest absolute Gasteiger partial charge is 0.395 e. The molecular weight excluding hydrogens is 270 g/mol. The fraction of sp³-hybridized carbons (Fsp3) is 0.625. The molecule has 0 amide bonds. The lowest BCUT2D eigenvalue weighted by Gasteiger charge is -2.28. The first kappa shape index (κ1) is 15.5. The molecule has 110 valence electrons. The molecule has 0 saturated heterocycles. The summed E-state index contributed by atoms with van der Waals surface area (Å²) in [6.07, 6.45) is 4.68. The van der Waals surface area contributed by atoms with Crippen LogP contribution in [0.2, 0.25) is 0 Å². The van der Waals surface area contributed by atoms with Gasteiger partial charge in [-0.05, 0) is 32.0 Å². The van der Waals surface area contributed by atoms with Crippen molar-refractivity contribution < 1.29 is 10.2 Å². The van der Waals surface area contributed by atoms with Crippen LogP contribution < -0.4 is 0 Å². The molecule has 1 fully saturated rings. The number of aliphatic hydroxyl groups excluding tert-OH is 1. The first-order chi connectivity index (χ1) is 9.61. The molecule has 1 aliphatic rings. The number of hydrogen-bond donors (Lipinski definition) is 2. The van der Waals surface area contributed by atoms with Crippen LogP contribution in [-0.2, 0) is 6.54 Å². The highest BCUT2D eigenvalue weighted by Gasteiger charge is 2.32. The molecule has 1 aromatic rings. The first-order valence-electron chi connectivity index (χ1n) is 7.21. The first-order valence-corrected chi connectivity index (χ1v) is 8.02. The highest BCUT2D eigenvalue weighted by molar-refractivity contribution is 7.12. The summed E-state index contributed by atoms with van der Waals surface area (Å²) in [4.78, 5) is 4.51. The second kappa shape index (κ2) is 7.24. The van der Waals surface area contributed by atoms with Crippen LogP contribution in [0.25, 0.3) is 0 Å². The fourth-order valence-electron chi connectivity index (χ4n) is 2.75. The summed E-state index contributed by atoms with van der Waals surface area (Å²) in [7, 11) is 2.06. The van der Waals surface area contributed by atoms with Gasteiger partial charge in [-0.1, -0.05) is 24.7 Å². The van der Waals surface area contributed by atoms with Crippen LogP contribution >= 0.6 is 11.3 Å². The van der Waals surface area contributed by atoms with Gasteiger partial charge in [-0.15, -0.1) is 11.3 Å². The summed E-state index contributed by atoms with van der Waals surface area (Å²) in [5, 5.41) is 19.1. The Bertz CT molecular complexity index is 480. The van der Waals surface area contributed by atoms with Gasteiger partial charge in [0.05, 0.1) is 17.1 Å². The van der Waals surface area contributed by atoms with Gasteiger partial charge in [0, 0.05) is 24.4 Å². The van der Waals surface area contributed by atoms with Crippen LogP contribution in [0.3, 0.4) is 0 Å². The Kier molecular flexibility index (Phi) is 5.62. The van der Waals surface area contributed by atoms with Crippen molar-refractivity contribution in [2.75, 3.05) is 20.2 Å². The molecule has 0 unspecified atom stereocenters. The molecule has 0 spiro atoms. The predicted molar refractivity (Wildman–Crippen MR) is 82.7 cm³/mol. The Hall–Kier alpha value is -0.860. The Morgan fingerprint density at radius 1 is 1.35 bits per heavy atom. The third-order valence-electron chi connectivity index (χ3n) is 3.63. The minimum Gasteiger partial charge on any atom is -0.395 e. The summed E-state index contributed by atoms with van der Waals surface area (Å²) in [5.41, 5.74) is -0.476. The molecule has 2 rings (SSSR count). The van der Waals surface area contributed by atoms with Gasteiger partial charge in [-0.2, -0.15) is 0 Å². The van der Waals surface area contributed by atoms with Gasteiger partial charge in [0.2, 0.25) is 0 Å². The van der Waals surface area contributed by atoms with Gasteiger partial charge >= 0.3 is 0 Å². The smallest absolute Gasteiger partial charge is 0.0774 e. The highest BCUT2D eigenvalue weighted by atomic mass is 32.1. The van der Waals surface area contributed by atoms with Crippen molar-refractivity contribution in [2.24, 2.45) is 0 Å². The SMILES string of the molecule is CN(Cc1ccc(C#CCCO)s1)CC1(O)CCCC1. The van der Waals surface area contributed by atoms with Gasteiger partial charge in [0.15, 0.2) is 0 Å². The molecule has 1 heterocycles. The van der Waals surface area contributed by atoms with Crippen LogP contribution in [0, 0.1) is 11.8 Å². The number of hydrogen-bond acceptors (Lipinski definition) is 4. The van der Waals surface area contributed by atoms with E-state index in [2.05, 4.69) is 29.9 Å². The molecule has 1 saturated carbocycles. The minimum absolute atomic E-state index is 0.118. The summed E-state index contributed by atoms with van der Waals surface area (Å²) in [6, 6.07) is 4.13. The topological polar surface area (TPSA) is 43.7 Å². The molecule has 0 radical (unpaired) electrons. The number of likely N-dealkylation sites (N-methyl/N-ethyl adjacent to an activating group) is 1. The van der Waals surface area contributed by atoms with E-state index in [0.717, 1.165) is 43.6 Å². The lowest BCUT2D eigenvalue weighted by molar-refractivity contribution is 0.0147. The molecule has 0 aliphatic heterocycles. The highest BCUT2D eigenvalue weighted by Crippen LogP contribution is 2.30. The number of nitrogens with zero attached hydrogens (tertiary/aromatic N) is 1. The molecule has 4 heteroatoms. The zero-order valence-electron chi connectivity index (χ0n) is 12.1. The van der Waals surface area contributed by atoms with Crippen molar-refractivity contribution in [3.63, 3.8) is 0 Å².